The van der Waals surface area contributed by atoms with Crippen LogP contribution in [0.5, 0.6) is 0 Å². The summed E-state index contributed by atoms with van der Waals surface area (Å²) in [5.74, 6) is 0. The summed E-state index contributed by atoms with van der Waals surface area (Å²) in [6, 6.07) is 50.8. The Balaban J connectivity index is 1.30. The Morgan fingerprint density at radius 3 is 2.02 bits per heavy atom. The number of benzene rings is 7. The van der Waals surface area contributed by atoms with Gasteiger partial charge in [-0.3, -0.25) is 0 Å². The maximum Gasteiger partial charge on any atom is 0.0827 e. The van der Waals surface area contributed by atoms with Gasteiger partial charge >= 0.3 is 0 Å². The Kier molecular flexibility index (Phi) is 7.36. The Bertz CT molecular complexity index is 2280. The lowest BCUT2D eigenvalue weighted by atomic mass is 9.82. The van der Waals surface area contributed by atoms with E-state index in [1.54, 1.807) is 6.08 Å². The van der Waals surface area contributed by atoms with Crippen LogP contribution in [-0.2, 0) is 12.8 Å². The van der Waals surface area contributed by atoms with Crippen LogP contribution in [0.15, 0.2) is 158 Å². The highest BCUT2D eigenvalue weighted by Gasteiger charge is 2.23. The van der Waals surface area contributed by atoms with Crippen molar-refractivity contribution < 1.29 is 4.39 Å². The fraction of sp³-hybridized carbons (Fsp3) is 0.0667. The molecule has 0 unspecified atom stereocenters. The highest BCUT2D eigenvalue weighted by Crippen LogP contribution is 2.47. The van der Waals surface area contributed by atoms with Gasteiger partial charge in [-0.25, -0.2) is 4.39 Å². The van der Waals surface area contributed by atoms with E-state index in [4.69, 9.17) is 0 Å². The monoisotopic (exact) mass is 592 g/mol. The highest BCUT2D eigenvalue weighted by molar-refractivity contribution is 6.12. The first-order valence-corrected chi connectivity index (χ1v) is 16.1. The van der Waals surface area contributed by atoms with Crippen LogP contribution in [0.2, 0.25) is 0 Å². The molecular formula is C45H33F. The summed E-state index contributed by atoms with van der Waals surface area (Å²) in [4.78, 5) is 0. The van der Waals surface area contributed by atoms with E-state index in [0.29, 0.717) is 12.8 Å². The van der Waals surface area contributed by atoms with Crippen LogP contribution in [0.1, 0.15) is 23.1 Å². The van der Waals surface area contributed by atoms with Gasteiger partial charge in [-0.05, 0) is 108 Å². The molecule has 0 bridgehead atoms. The Labute approximate surface area is 269 Å². The van der Waals surface area contributed by atoms with Gasteiger partial charge in [0.1, 0.15) is 0 Å². The van der Waals surface area contributed by atoms with Crippen molar-refractivity contribution in [3.05, 3.63) is 175 Å². The van der Waals surface area contributed by atoms with Crippen LogP contribution in [0.4, 0.5) is 4.39 Å². The van der Waals surface area contributed by atoms with E-state index in [9.17, 15) is 4.39 Å². The smallest absolute Gasteiger partial charge is 0.0827 e. The Morgan fingerprint density at radius 1 is 0.543 bits per heavy atom. The van der Waals surface area contributed by atoms with E-state index in [0.717, 1.165) is 12.8 Å². The van der Waals surface area contributed by atoms with Crippen LogP contribution < -0.4 is 0 Å². The van der Waals surface area contributed by atoms with E-state index in [1.165, 1.54) is 82.7 Å². The van der Waals surface area contributed by atoms with Crippen molar-refractivity contribution in [1.29, 1.82) is 0 Å². The van der Waals surface area contributed by atoms with Gasteiger partial charge in [-0.2, -0.15) is 0 Å². The molecule has 1 aliphatic rings. The van der Waals surface area contributed by atoms with Gasteiger partial charge < -0.3 is 0 Å². The van der Waals surface area contributed by atoms with Gasteiger partial charge in [-0.1, -0.05) is 152 Å². The van der Waals surface area contributed by atoms with E-state index in [2.05, 4.69) is 152 Å². The summed E-state index contributed by atoms with van der Waals surface area (Å²) in [6.45, 7) is 0. The number of hydrogen-bond donors (Lipinski definition) is 0. The van der Waals surface area contributed by atoms with Crippen LogP contribution in [0.3, 0.4) is 0 Å². The highest BCUT2D eigenvalue weighted by atomic mass is 19.1. The lowest BCUT2D eigenvalue weighted by Crippen LogP contribution is -1.97. The van der Waals surface area contributed by atoms with E-state index >= 15 is 0 Å². The molecule has 0 amide bonds. The number of allylic oxidation sites excluding steroid dienone is 2. The quantitative estimate of drug-likeness (QED) is 0.173. The summed E-state index contributed by atoms with van der Waals surface area (Å²) >= 11 is 0. The van der Waals surface area contributed by atoms with E-state index < -0.39 is 0 Å². The third-order valence-electron chi connectivity index (χ3n) is 9.37. The number of hydrogen-bond acceptors (Lipinski definition) is 0. The average Bonchev–Trinajstić information content (AvgIpc) is 3.60. The first-order valence-electron chi connectivity index (χ1n) is 16.1. The van der Waals surface area contributed by atoms with Crippen molar-refractivity contribution >= 4 is 27.6 Å². The standard InChI is InChI=1S/C45H33F/c46-29-8-7-12-31-25-27-33(28-26-31)37-18-3-4-19-39(37)45-42-21-6-5-20-40(42)44(41-23-11-24-43(41)45)35-16-9-15-34(30-35)38-22-10-14-32-13-1-2-17-36(32)38/h1-6,8-11,13-22,24-30H,7,12,23H2/b29-8-. The lowest BCUT2D eigenvalue weighted by molar-refractivity contribution is 0.713. The van der Waals surface area contributed by atoms with E-state index in [-0.39, 0.29) is 0 Å². The molecule has 1 heteroatoms. The molecular weight excluding hydrogens is 559 g/mol. The molecule has 0 aliphatic heterocycles. The lowest BCUT2D eigenvalue weighted by Gasteiger charge is -2.21. The van der Waals surface area contributed by atoms with Crippen molar-refractivity contribution in [2.45, 2.75) is 19.3 Å². The maximum atomic E-state index is 12.5. The molecule has 0 saturated heterocycles. The third-order valence-corrected chi connectivity index (χ3v) is 9.37. The van der Waals surface area contributed by atoms with Gasteiger partial charge in [0.15, 0.2) is 0 Å². The molecule has 0 heterocycles. The molecule has 0 fully saturated rings. The minimum absolute atomic E-state index is 0.634. The van der Waals surface area contributed by atoms with Crippen LogP contribution in [0.25, 0.3) is 72.1 Å². The molecule has 0 N–H and O–H groups in total. The number of rotatable bonds is 7. The summed E-state index contributed by atoms with van der Waals surface area (Å²) in [6.07, 6.45) is 9.29. The van der Waals surface area contributed by atoms with Crippen LogP contribution in [-0.4, -0.2) is 0 Å². The number of halogens is 1. The third kappa shape index (κ3) is 4.95. The molecule has 0 radical (unpaired) electrons. The molecule has 0 spiro atoms. The van der Waals surface area contributed by atoms with Gasteiger partial charge in [0, 0.05) is 0 Å². The van der Waals surface area contributed by atoms with Crippen molar-refractivity contribution in [2.75, 3.05) is 0 Å². The summed E-state index contributed by atoms with van der Waals surface area (Å²) < 4.78 is 12.5. The molecule has 220 valence electrons. The molecule has 0 atom stereocenters. The molecule has 8 rings (SSSR count). The topological polar surface area (TPSA) is 0 Å². The molecule has 0 nitrogen and oxygen atoms in total. The molecule has 7 aromatic rings. The Hall–Kier alpha value is -5.53. The van der Waals surface area contributed by atoms with Crippen molar-refractivity contribution in [3.8, 4) is 44.5 Å². The largest absolute Gasteiger partial charge is 0.216 e. The van der Waals surface area contributed by atoms with Gasteiger partial charge in [0.25, 0.3) is 0 Å². The molecule has 46 heavy (non-hydrogen) atoms. The molecule has 0 saturated carbocycles. The summed E-state index contributed by atoms with van der Waals surface area (Å²) in [5.41, 5.74) is 13.9. The molecule has 1 aliphatic carbocycles. The summed E-state index contributed by atoms with van der Waals surface area (Å²) in [5, 5.41) is 5.07. The maximum absolute atomic E-state index is 12.5. The fourth-order valence-electron chi connectivity index (χ4n) is 7.26. The zero-order valence-electron chi connectivity index (χ0n) is 25.6. The summed E-state index contributed by atoms with van der Waals surface area (Å²) in [7, 11) is 0. The van der Waals surface area contributed by atoms with Crippen LogP contribution >= 0.6 is 0 Å². The van der Waals surface area contributed by atoms with Crippen molar-refractivity contribution in [2.24, 2.45) is 0 Å². The van der Waals surface area contributed by atoms with Gasteiger partial charge in [0.2, 0.25) is 0 Å². The SMILES string of the molecule is F/C=C\CCc1ccc(-c2ccccc2-c2c3c(c(-c4cccc(-c5cccc6ccccc56)c4)c4ccccc24)CC=C3)cc1. The zero-order chi connectivity index (χ0) is 30.9. The average molecular weight is 593 g/mol. The first kappa shape index (κ1) is 28.0. The molecule has 7 aromatic carbocycles. The second-order valence-electron chi connectivity index (χ2n) is 12.0. The van der Waals surface area contributed by atoms with Gasteiger partial charge in [0.05, 0.1) is 6.33 Å². The first-order chi connectivity index (χ1) is 22.8. The molecule has 0 aromatic heterocycles. The number of fused-ring (bicyclic) bond motifs is 3. The van der Waals surface area contributed by atoms with Gasteiger partial charge in [-0.15, -0.1) is 0 Å². The van der Waals surface area contributed by atoms with Crippen molar-refractivity contribution in [1.82, 2.24) is 0 Å². The minimum atomic E-state index is 0.634. The van der Waals surface area contributed by atoms with E-state index in [1.807, 2.05) is 0 Å². The normalized spacial score (nSPS) is 12.4. The fourth-order valence-corrected chi connectivity index (χ4v) is 7.26. The number of aryl methyl sites for hydroxylation is 1. The minimum Gasteiger partial charge on any atom is -0.216 e. The Morgan fingerprint density at radius 2 is 1.20 bits per heavy atom. The zero-order valence-corrected chi connectivity index (χ0v) is 25.6. The predicted molar refractivity (Wildman–Crippen MR) is 195 cm³/mol. The predicted octanol–water partition coefficient (Wildman–Crippen LogP) is 12.6. The van der Waals surface area contributed by atoms with Crippen LogP contribution in [0, 0.1) is 0 Å². The second-order valence-corrected chi connectivity index (χ2v) is 12.0. The second kappa shape index (κ2) is 12.1. The van der Waals surface area contributed by atoms with Crippen molar-refractivity contribution in [3.63, 3.8) is 0 Å².